The van der Waals surface area contributed by atoms with Crippen LogP contribution >= 0.6 is 0 Å². The van der Waals surface area contributed by atoms with Crippen molar-refractivity contribution in [3.05, 3.63) is 59.2 Å². The van der Waals surface area contributed by atoms with Crippen LogP contribution < -0.4 is 5.32 Å². The van der Waals surface area contributed by atoms with Crippen LogP contribution in [0.15, 0.2) is 36.4 Å². The number of carbonyl (C=O) groups is 1. The molecule has 0 spiro atoms. The largest absolute Gasteiger partial charge is 0.508 e. The van der Waals surface area contributed by atoms with Crippen molar-refractivity contribution in [1.29, 1.82) is 0 Å². The quantitative estimate of drug-likeness (QED) is 0.879. The first kappa shape index (κ1) is 16.4. The molecule has 0 saturated carbocycles. The lowest BCUT2D eigenvalue weighted by Gasteiger charge is -2.42. The number of rotatable bonds is 3. The minimum atomic E-state index is -1.17. The summed E-state index contributed by atoms with van der Waals surface area (Å²) in [6.45, 7) is 5.80. The zero-order valence-corrected chi connectivity index (χ0v) is 13.8. The molecular weight excluding hydrogens is 312 g/mol. The van der Waals surface area contributed by atoms with Gasteiger partial charge in [0.25, 0.3) is 0 Å². The summed E-state index contributed by atoms with van der Waals surface area (Å²) >= 11 is 0. The van der Waals surface area contributed by atoms with Gasteiger partial charge in [0.15, 0.2) is 11.6 Å². The van der Waals surface area contributed by atoms with Gasteiger partial charge in [-0.05, 0) is 41.2 Å². The zero-order chi connectivity index (χ0) is 17.7. The van der Waals surface area contributed by atoms with Gasteiger partial charge in [-0.1, -0.05) is 39.0 Å². The monoisotopic (exact) mass is 331 g/mol. The molecule has 3 rings (SSSR count). The normalized spacial score (nSPS) is 20.0. The number of aromatic hydroxyl groups is 1. The van der Waals surface area contributed by atoms with Crippen LogP contribution in [-0.4, -0.2) is 11.0 Å². The summed E-state index contributed by atoms with van der Waals surface area (Å²) in [7, 11) is 0. The fourth-order valence-corrected chi connectivity index (χ4v) is 3.64. The van der Waals surface area contributed by atoms with Gasteiger partial charge in [-0.3, -0.25) is 4.79 Å². The molecule has 1 amide bonds. The molecule has 1 aliphatic rings. The molecule has 0 aromatic heterocycles. The second kappa shape index (κ2) is 5.30. The van der Waals surface area contributed by atoms with Crippen LogP contribution in [0.2, 0.25) is 0 Å². The first-order valence-corrected chi connectivity index (χ1v) is 7.85. The Balaban J connectivity index is 2.39. The summed E-state index contributed by atoms with van der Waals surface area (Å²) in [6.07, 6.45) is 0.639. The molecule has 5 heteroatoms. The lowest BCUT2D eigenvalue weighted by atomic mass is 9.57. The summed E-state index contributed by atoms with van der Waals surface area (Å²) in [4.78, 5) is 13.0. The highest BCUT2D eigenvalue weighted by Gasteiger charge is 2.57. The van der Waals surface area contributed by atoms with Gasteiger partial charge < -0.3 is 10.4 Å². The van der Waals surface area contributed by atoms with Crippen LogP contribution in [0.3, 0.4) is 0 Å². The van der Waals surface area contributed by atoms with Crippen molar-refractivity contribution in [2.24, 2.45) is 5.41 Å². The van der Waals surface area contributed by atoms with Crippen LogP contribution in [0.4, 0.5) is 14.5 Å². The molecule has 1 aliphatic heterocycles. The third-order valence-corrected chi connectivity index (χ3v) is 5.28. The Hall–Kier alpha value is -2.43. The summed E-state index contributed by atoms with van der Waals surface area (Å²) in [5, 5.41) is 12.1. The van der Waals surface area contributed by atoms with Crippen LogP contribution in [0, 0.1) is 17.0 Å². The van der Waals surface area contributed by atoms with Crippen molar-refractivity contribution >= 4 is 11.6 Å². The number of nitrogens with one attached hydrogen (secondary N) is 1. The van der Waals surface area contributed by atoms with Crippen molar-refractivity contribution in [1.82, 2.24) is 0 Å². The Bertz CT molecular complexity index is 815. The summed E-state index contributed by atoms with van der Waals surface area (Å²) in [5.41, 5.74) is -0.781. The molecule has 3 nitrogen and oxygen atoms in total. The van der Waals surface area contributed by atoms with Crippen molar-refractivity contribution in [3.8, 4) is 5.75 Å². The van der Waals surface area contributed by atoms with E-state index in [0.29, 0.717) is 17.5 Å². The molecule has 0 radical (unpaired) electrons. The van der Waals surface area contributed by atoms with E-state index in [2.05, 4.69) is 5.32 Å². The van der Waals surface area contributed by atoms with E-state index < -0.39 is 22.5 Å². The third-order valence-electron chi connectivity index (χ3n) is 5.28. The number of carbonyl (C=O) groups excluding carboxylic acids is 1. The summed E-state index contributed by atoms with van der Waals surface area (Å²) in [6, 6.07) is 8.82. The lowest BCUT2D eigenvalue weighted by Crippen LogP contribution is -2.48. The maximum absolute atomic E-state index is 14.3. The Morgan fingerprint density at radius 1 is 1.12 bits per heavy atom. The first-order valence-electron chi connectivity index (χ1n) is 7.85. The molecule has 1 unspecified atom stereocenters. The number of hydrogen-bond acceptors (Lipinski definition) is 2. The highest BCUT2D eigenvalue weighted by Crippen LogP contribution is 2.55. The topological polar surface area (TPSA) is 49.3 Å². The molecular formula is C19H19F2NO2. The van der Waals surface area contributed by atoms with Crippen molar-refractivity contribution < 1.29 is 18.7 Å². The number of phenols is 1. The van der Waals surface area contributed by atoms with Gasteiger partial charge in [0.05, 0.1) is 5.69 Å². The molecule has 0 aliphatic carbocycles. The smallest absolute Gasteiger partial charge is 0.240 e. The van der Waals surface area contributed by atoms with Gasteiger partial charge >= 0.3 is 0 Å². The van der Waals surface area contributed by atoms with Gasteiger partial charge in [0, 0.05) is 0 Å². The van der Waals surface area contributed by atoms with E-state index in [9.17, 15) is 18.7 Å². The van der Waals surface area contributed by atoms with Crippen molar-refractivity contribution in [2.75, 3.05) is 5.32 Å². The molecule has 1 heterocycles. The van der Waals surface area contributed by atoms with E-state index in [4.69, 9.17) is 0 Å². The van der Waals surface area contributed by atoms with Crippen LogP contribution in [0.1, 0.15) is 38.3 Å². The average Bonchev–Trinajstić information content (AvgIpc) is 2.86. The van der Waals surface area contributed by atoms with E-state index in [1.54, 1.807) is 12.1 Å². The minimum Gasteiger partial charge on any atom is -0.508 e. The Kier molecular flexibility index (Phi) is 3.62. The Morgan fingerprint density at radius 2 is 1.75 bits per heavy atom. The summed E-state index contributed by atoms with van der Waals surface area (Å²) < 4.78 is 27.9. The molecule has 0 saturated heterocycles. The van der Waals surface area contributed by atoms with E-state index in [1.807, 2.05) is 20.8 Å². The zero-order valence-electron chi connectivity index (χ0n) is 13.8. The fourth-order valence-electron chi connectivity index (χ4n) is 3.64. The van der Waals surface area contributed by atoms with Crippen LogP contribution in [0.25, 0.3) is 0 Å². The third kappa shape index (κ3) is 1.97. The Labute approximate surface area is 139 Å². The van der Waals surface area contributed by atoms with Gasteiger partial charge in [-0.2, -0.15) is 0 Å². The van der Waals surface area contributed by atoms with E-state index in [1.165, 1.54) is 18.2 Å². The van der Waals surface area contributed by atoms with E-state index in [-0.39, 0.29) is 17.3 Å². The fraction of sp³-hybridized carbons (Fsp3) is 0.316. The second-order valence-corrected chi connectivity index (χ2v) is 6.77. The van der Waals surface area contributed by atoms with Gasteiger partial charge in [-0.25, -0.2) is 8.78 Å². The van der Waals surface area contributed by atoms with Crippen LogP contribution in [-0.2, 0) is 10.2 Å². The SMILES string of the molecule is CCC(C)(C)C1(c2ccc(O)cc2)C(=O)Nc2c1ccc(F)c2F. The van der Waals surface area contributed by atoms with Crippen molar-refractivity contribution in [2.45, 2.75) is 32.6 Å². The van der Waals surface area contributed by atoms with Crippen molar-refractivity contribution in [3.63, 3.8) is 0 Å². The highest BCUT2D eigenvalue weighted by atomic mass is 19.2. The molecule has 2 N–H and O–H groups in total. The van der Waals surface area contributed by atoms with Gasteiger partial charge in [0.1, 0.15) is 11.2 Å². The number of hydrogen-bond donors (Lipinski definition) is 2. The maximum Gasteiger partial charge on any atom is 0.240 e. The van der Waals surface area contributed by atoms with Gasteiger partial charge in [-0.15, -0.1) is 0 Å². The van der Waals surface area contributed by atoms with Crippen LogP contribution in [0.5, 0.6) is 5.75 Å². The number of phenolic OH excluding ortho intramolecular Hbond substituents is 1. The predicted octanol–water partition coefficient (Wildman–Crippen LogP) is 4.34. The standard InChI is InChI=1S/C19H19F2NO2/c1-4-18(2,3)19(11-5-7-12(23)8-6-11)13-9-10-14(20)15(21)16(13)22-17(19)24/h5-10,23H,4H2,1-3H3,(H,22,24). The van der Waals surface area contributed by atoms with E-state index in [0.717, 1.165) is 6.07 Å². The number of anilines is 1. The molecule has 0 bridgehead atoms. The molecule has 0 fully saturated rings. The molecule has 2 aromatic carbocycles. The highest BCUT2D eigenvalue weighted by molar-refractivity contribution is 6.09. The summed E-state index contributed by atoms with van der Waals surface area (Å²) in [5.74, 6) is -2.36. The number of fused-ring (bicyclic) bond motifs is 1. The first-order chi connectivity index (χ1) is 11.3. The molecule has 126 valence electrons. The number of amides is 1. The minimum absolute atomic E-state index is 0.0760. The number of halogens is 2. The average molecular weight is 331 g/mol. The number of benzene rings is 2. The maximum atomic E-state index is 14.3. The molecule has 2 aromatic rings. The predicted molar refractivity (Wildman–Crippen MR) is 87.9 cm³/mol. The van der Waals surface area contributed by atoms with E-state index >= 15 is 0 Å². The second-order valence-electron chi connectivity index (χ2n) is 6.77. The van der Waals surface area contributed by atoms with Gasteiger partial charge in [0.2, 0.25) is 5.91 Å². The Morgan fingerprint density at radius 3 is 2.33 bits per heavy atom. The molecule has 24 heavy (non-hydrogen) atoms. The lowest BCUT2D eigenvalue weighted by molar-refractivity contribution is -0.123. The molecule has 1 atom stereocenters.